The third-order valence-corrected chi connectivity index (χ3v) is 4.66. The number of ether oxygens (including phenoxy) is 1. The van der Waals surface area contributed by atoms with E-state index in [2.05, 4.69) is 10.6 Å². The maximum absolute atomic E-state index is 10.5. The van der Waals surface area contributed by atoms with Crippen LogP contribution in [0.1, 0.15) is 11.1 Å². The van der Waals surface area contributed by atoms with Crippen molar-refractivity contribution in [3.63, 3.8) is 0 Å². The highest BCUT2D eigenvalue weighted by Crippen LogP contribution is 2.21. The number of hydrogen-bond acceptors (Lipinski definition) is 6. The first-order valence-corrected chi connectivity index (χ1v) is 8.86. The van der Waals surface area contributed by atoms with Gasteiger partial charge < -0.3 is 25.4 Å². The molecule has 0 bridgehead atoms. The van der Waals surface area contributed by atoms with E-state index in [1.807, 2.05) is 60.7 Å². The van der Waals surface area contributed by atoms with Crippen LogP contribution < -0.4 is 10.6 Å². The molecule has 0 spiro atoms. The van der Waals surface area contributed by atoms with Crippen LogP contribution in [0.3, 0.4) is 0 Å². The van der Waals surface area contributed by atoms with E-state index in [4.69, 9.17) is 4.74 Å². The van der Waals surface area contributed by atoms with Crippen molar-refractivity contribution in [2.24, 2.45) is 0 Å². The van der Waals surface area contributed by atoms with Gasteiger partial charge in [0.25, 0.3) is 0 Å². The zero-order valence-corrected chi connectivity index (χ0v) is 14.5. The highest BCUT2D eigenvalue weighted by atomic mass is 16.5. The van der Waals surface area contributed by atoms with Gasteiger partial charge in [0.2, 0.25) is 0 Å². The Hall–Kier alpha value is -1.80. The fraction of sp³-hybridized carbons (Fsp3) is 0.400. The van der Waals surface area contributed by atoms with Crippen LogP contribution in [0.4, 0.5) is 0 Å². The van der Waals surface area contributed by atoms with Gasteiger partial charge in [-0.2, -0.15) is 0 Å². The number of hydrogen-bond donors (Lipinski definition) is 5. The van der Waals surface area contributed by atoms with Crippen molar-refractivity contribution < 1.29 is 20.1 Å². The monoisotopic (exact) mass is 358 g/mol. The molecule has 0 amide bonds. The smallest absolute Gasteiger partial charge is 0.127 e. The first-order chi connectivity index (χ1) is 12.7. The van der Waals surface area contributed by atoms with Gasteiger partial charge in [-0.15, -0.1) is 0 Å². The molecule has 1 heterocycles. The van der Waals surface area contributed by atoms with E-state index in [0.717, 1.165) is 11.1 Å². The number of rotatable bonds is 7. The Balaban J connectivity index is 1.68. The number of nitrogens with one attached hydrogen (secondary N) is 2. The summed E-state index contributed by atoms with van der Waals surface area (Å²) in [6, 6.07) is 19.2. The van der Waals surface area contributed by atoms with E-state index < -0.39 is 30.6 Å². The van der Waals surface area contributed by atoms with Crippen LogP contribution >= 0.6 is 0 Å². The molecule has 0 unspecified atom stereocenters. The third-order valence-electron chi connectivity index (χ3n) is 4.66. The van der Waals surface area contributed by atoms with E-state index in [0.29, 0.717) is 13.1 Å². The minimum atomic E-state index is -1.15. The molecule has 5 N–H and O–H groups in total. The summed E-state index contributed by atoms with van der Waals surface area (Å²) in [5.41, 5.74) is 2.15. The SMILES string of the molecule is OC[C@H]1O[C@@H](NCc2ccccc2)[C@@H](NCc2ccccc2)[C@@H](O)[C@@H]1O. The predicted molar refractivity (Wildman–Crippen MR) is 98.1 cm³/mol. The Morgan fingerprint density at radius 3 is 1.85 bits per heavy atom. The summed E-state index contributed by atoms with van der Waals surface area (Å²) in [6.07, 6.45) is -3.58. The summed E-state index contributed by atoms with van der Waals surface area (Å²) in [6.45, 7) is 0.731. The number of benzene rings is 2. The molecule has 2 aromatic rings. The maximum atomic E-state index is 10.5. The van der Waals surface area contributed by atoms with Gasteiger partial charge in [-0.25, -0.2) is 0 Å². The standard InChI is InChI=1S/C20H26N2O4/c23-13-16-18(24)19(25)17(21-11-14-7-3-1-4-8-14)20(26-16)22-12-15-9-5-2-6-10-15/h1-10,16-25H,11-13H2/t16-,17+,18-,19-,20-/m1/s1. The second-order valence-corrected chi connectivity index (χ2v) is 6.52. The molecule has 5 atom stereocenters. The van der Waals surface area contributed by atoms with Crippen LogP contribution in [-0.4, -0.2) is 52.5 Å². The lowest BCUT2D eigenvalue weighted by Crippen LogP contribution is -2.66. The molecule has 0 aromatic heterocycles. The van der Waals surface area contributed by atoms with Crippen LogP contribution in [0.15, 0.2) is 60.7 Å². The van der Waals surface area contributed by atoms with Crippen molar-refractivity contribution in [2.45, 2.75) is 43.7 Å². The summed E-state index contributed by atoms with van der Waals surface area (Å²) in [7, 11) is 0. The lowest BCUT2D eigenvalue weighted by Gasteiger charge is -2.43. The normalized spacial score (nSPS) is 28.8. The third kappa shape index (κ3) is 4.67. The predicted octanol–water partition coefficient (Wildman–Crippen LogP) is 0.374. The molecule has 6 heteroatoms. The molecule has 3 rings (SSSR count). The molecule has 1 aliphatic rings. The van der Waals surface area contributed by atoms with Crippen LogP contribution in [0.25, 0.3) is 0 Å². The zero-order chi connectivity index (χ0) is 18.4. The molecule has 2 aromatic carbocycles. The molecule has 0 radical (unpaired) electrons. The Labute approximate surface area is 153 Å². The van der Waals surface area contributed by atoms with Crippen molar-refractivity contribution in [3.8, 4) is 0 Å². The summed E-state index contributed by atoms with van der Waals surface area (Å²) >= 11 is 0. The van der Waals surface area contributed by atoms with Crippen molar-refractivity contribution in [1.82, 2.24) is 10.6 Å². The Kier molecular flexibility index (Phi) is 6.73. The minimum Gasteiger partial charge on any atom is -0.394 e. The number of aliphatic hydroxyl groups is 3. The highest BCUT2D eigenvalue weighted by molar-refractivity contribution is 5.16. The van der Waals surface area contributed by atoms with Crippen molar-refractivity contribution in [2.75, 3.05) is 6.61 Å². The Morgan fingerprint density at radius 1 is 0.769 bits per heavy atom. The molecule has 1 aliphatic heterocycles. The van der Waals surface area contributed by atoms with Gasteiger partial charge in [-0.05, 0) is 11.1 Å². The van der Waals surface area contributed by atoms with Crippen LogP contribution in [0, 0.1) is 0 Å². The molecule has 26 heavy (non-hydrogen) atoms. The summed E-state index contributed by atoms with van der Waals surface area (Å²) in [5.74, 6) is 0. The van der Waals surface area contributed by atoms with Crippen LogP contribution in [0.2, 0.25) is 0 Å². The number of aliphatic hydroxyl groups excluding tert-OH is 3. The van der Waals surface area contributed by atoms with E-state index in [1.54, 1.807) is 0 Å². The molecule has 1 saturated heterocycles. The van der Waals surface area contributed by atoms with E-state index >= 15 is 0 Å². The largest absolute Gasteiger partial charge is 0.394 e. The van der Waals surface area contributed by atoms with Gasteiger partial charge in [0.1, 0.15) is 24.5 Å². The molecule has 0 saturated carbocycles. The van der Waals surface area contributed by atoms with Crippen molar-refractivity contribution in [3.05, 3.63) is 71.8 Å². The quantitative estimate of drug-likeness (QED) is 0.491. The second-order valence-electron chi connectivity index (χ2n) is 6.52. The summed E-state index contributed by atoms with van der Waals surface area (Å²) in [4.78, 5) is 0. The van der Waals surface area contributed by atoms with E-state index in [9.17, 15) is 15.3 Å². The van der Waals surface area contributed by atoms with Crippen LogP contribution in [-0.2, 0) is 17.8 Å². The van der Waals surface area contributed by atoms with Gasteiger partial charge in [-0.1, -0.05) is 60.7 Å². The molecule has 140 valence electrons. The van der Waals surface area contributed by atoms with Gasteiger partial charge >= 0.3 is 0 Å². The first kappa shape index (κ1) is 19.0. The molecular formula is C20H26N2O4. The topological polar surface area (TPSA) is 94.0 Å². The van der Waals surface area contributed by atoms with Gasteiger partial charge in [-0.3, -0.25) is 5.32 Å². The summed E-state index contributed by atoms with van der Waals surface area (Å²) < 4.78 is 5.81. The van der Waals surface area contributed by atoms with E-state index in [1.165, 1.54) is 0 Å². The molecule has 0 aliphatic carbocycles. The fourth-order valence-corrected chi connectivity index (χ4v) is 3.16. The average molecular weight is 358 g/mol. The second kappa shape index (κ2) is 9.23. The van der Waals surface area contributed by atoms with Crippen LogP contribution in [0.5, 0.6) is 0 Å². The van der Waals surface area contributed by atoms with Gasteiger partial charge in [0.15, 0.2) is 0 Å². The van der Waals surface area contributed by atoms with E-state index in [-0.39, 0.29) is 6.61 Å². The minimum absolute atomic E-state index is 0.354. The Bertz CT molecular complexity index is 655. The van der Waals surface area contributed by atoms with Gasteiger partial charge in [0.05, 0.1) is 12.6 Å². The first-order valence-electron chi connectivity index (χ1n) is 8.86. The average Bonchev–Trinajstić information content (AvgIpc) is 2.69. The molecule has 1 fully saturated rings. The zero-order valence-electron chi connectivity index (χ0n) is 14.5. The maximum Gasteiger partial charge on any atom is 0.127 e. The highest BCUT2D eigenvalue weighted by Gasteiger charge is 2.43. The van der Waals surface area contributed by atoms with Gasteiger partial charge in [0, 0.05) is 13.1 Å². The fourth-order valence-electron chi connectivity index (χ4n) is 3.16. The summed E-state index contributed by atoms with van der Waals surface area (Å²) in [5, 5.41) is 36.7. The van der Waals surface area contributed by atoms with Crippen molar-refractivity contribution >= 4 is 0 Å². The lowest BCUT2D eigenvalue weighted by atomic mass is 9.95. The Morgan fingerprint density at radius 2 is 1.31 bits per heavy atom. The molecular weight excluding hydrogens is 332 g/mol. The lowest BCUT2D eigenvalue weighted by molar-refractivity contribution is -0.202. The van der Waals surface area contributed by atoms with Crippen molar-refractivity contribution in [1.29, 1.82) is 0 Å². The molecule has 6 nitrogen and oxygen atoms in total.